The SMILES string of the molecule is O=C(Nc1ccc(F)cc1)OC1CCCC(NC(=O)c2ccccc2C(F)(F)F)C1. The van der Waals surface area contributed by atoms with Crippen LogP contribution < -0.4 is 10.6 Å². The minimum absolute atomic E-state index is 0.288. The van der Waals surface area contributed by atoms with Gasteiger partial charge in [0, 0.05) is 18.2 Å². The lowest BCUT2D eigenvalue weighted by Crippen LogP contribution is -2.41. The average molecular weight is 424 g/mol. The number of anilines is 1. The van der Waals surface area contributed by atoms with Gasteiger partial charge in [-0.2, -0.15) is 13.2 Å². The van der Waals surface area contributed by atoms with Gasteiger partial charge in [0.05, 0.1) is 11.1 Å². The number of carbonyl (C=O) groups excluding carboxylic acids is 2. The fourth-order valence-corrected chi connectivity index (χ4v) is 3.41. The van der Waals surface area contributed by atoms with Gasteiger partial charge in [0.15, 0.2) is 0 Å². The summed E-state index contributed by atoms with van der Waals surface area (Å²) in [5.41, 5.74) is -1.07. The van der Waals surface area contributed by atoms with Crippen molar-refractivity contribution in [3.8, 4) is 0 Å². The van der Waals surface area contributed by atoms with Crippen molar-refractivity contribution in [2.75, 3.05) is 5.32 Å². The molecule has 2 atom stereocenters. The molecule has 2 unspecified atom stereocenters. The molecule has 0 aromatic heterocycles. The van der Waals surface area contributed by atoms with Gasteiger partial charge in [-0.25, -0.2) is 9.18 Å². The van der Waals surface area contributed by atoms with E-state index in [4.69, 9.17) is 4.74 Å². The predicted octanol–water partition coefficient (Wildman–Crippen LogP) is 5.13. The molecule has 2 aromatic carbocycles. The maximum atomic E-state index is 13.1. The second-order valence-electron chi connectivity index (χ2n) is 7.04. The number of nitrogens with one attached hydrogen (secondary N) is 2. The number of benzene rings is 2. The first kappa shape index (κ1) is 21.6. The lowest BCUT2D eigenvalue weighted by molar-refractivity contribution is -0.137. The van der Waals surface area contributed by atoms with E-state index in [0.29, 0.717) is 24.9 Å². The molecule has 1 aliphatic carbocycles. The Morgan fingerprint density at radius 3 is 2.40 bits per heavy atom. The predicted molar refractivity (Wildman–Crippen MR) is 101 cm³/mol. The number of hydrogen-bond donors (Lipinski definition) is 2. The van der Waals surface area contributed by atoms with E-state index in [1.165, 1.54) is 36.4 Å². The Labute approximate surface area is 170 Å². The van der Waals surface area contributed by atoms with E-state index in [-0.39, 0.29) is 6.42 Å². The molecule has 160 valence electrons. The van der Waals surface area contributed by atoms with E-state index >= 15 is 0 Å². The van der Waals surface area contributed by atoms with Gasteiger partial charge in [0.25, 0.3) is 5.91 Å². The van der Waals surface area contributed by atoms with Crippen molar-refractivity contribution < 1.29 is 31.9 Å². The summed E-state index contributed by atoms with van der Waals surface area (Å²) < 4.78 is 57.6. The normalized spacial score (nSPS) is 19.1. The highest BCUT2D eigenvalue weighted by Gasteiger charge is 2.35. The van der Waals surface area contributed by atoms with Gasteiger partial charge in [0.2, 0.25) is 0 Å². The fourth-order valence-electron chi connectivity index (χ4n) is 3.41. The molecule has 0 aliphatic heterocycles. The Kier molecular flexibility index (Phi) is 6.59. The molecule has 1 fully saturated rings. The summed E-state index contributed by atoms with van der Waals surface area (Å²) in [6.07, 6.45) is -3.79. The Balaban J connectivity index is 1.57. The number of alkyl halides is 3. The number of rotatable bonds is 4. The zero-order valence-corrected chi connectivity index (χ0v) is 15.8. The van der Waals surface area contributed by atoms with Gasteiger partial charge in [-0.15, -0.1) is 0 Å². The summed E-state index contributed by atoms with van der Waals surface area (Å²) >= 11 is 0. The zero-order valence-electron chi connectivity index (χ0n) is 15.8. The van der Waals surface area contributed by atoms with E-state index in [1.54, 1.807) is 0 Å². The first-order valence-electron chi connectivity index (χ1n) is 9.42. The molecular formula is C21H20F4N2O3. The maximum absolute atomic E-state index is 13.1. The summed E-state index contributed by atoms with van der Waals surface area (Å²) in [5, 5.41) is 5.10. The van der Waals surface area contributed by atoms with Crippen LogP contribution in [0.15, 0.2) is 48.5 Å². The third-order valence-corrected chi connectivity index (χ3v) is 4.80. The van der Waals surface area contributed by atoms with Crippen LogP contribution in [-0.4, -0.2) is 24.1 Å². The Morgan fingerprint density at radius 1 is 1.00 bits per heavy atom. The van der Waals surface area contributed by atoms with Crippen molar-refractivity contribution in [2.24, 2.45) is 0 Å². The first-order valence-corrected chi connectivity index (χ1v) is 9.42. The highest BCUT2D eigenvalue weighted by Crippen LogP contribution is 2.32. The molecule has 2 amide bonds. The van der Waals surface area contributed by atoms with Crippen molar-refractivity contribution in [1.82, 2.24) is 5.32 Å². The Morgan fingerprint density at radius 2 is 1.70 bits per heavy atom. The van der Waals surface area contributed by atoms with Gasteiger partial charge in [-0.1, -0.05) is 12.1 Å². The van der Waals surface area contributed by atoms with E-state index in [2.05, 4.69) is 10.6 Å². The van der Waals surface area contributed by atoms with Crippen molar-refractivity contribution >= 4 is 17.7 Å². The zero-order chi connectivity index (χ0) is 21.7. The minimum Gasteiger partial charge on any atom is -0.446 e. The van der Waals surface area contributed by atoms with Crippen molar-refractivity contribution in [3.63, 3.8) is 0 Å². The summed E-state index contributed by atoms with van der Waals surface area (Å²) in [6.45, 7) is 0. The van der Waals surface area contributed by atoms with Gasteiger partial charge >= 0.3 is 12.3 Å². The number of halogens is 4. The number of amides is 2. The summed E-state index contributed by atoms with van der Waals surface area (Å²) in [5.74, 6) is -1.25. The molecule has 30 heavy (non-hydrogen) atoms. The largest absolute Gasteiger partial charge is 0.446 e. The highest BCUT2D eigenvalue weighted by molar-refractivity contribution is 5.96. The quantitative estimate of drug-likeness (QED) is 0.669. The van der Waals surface area contributed by atoms with Gasteiger partial charge in [-0.05, 0) is 55.7 Å². The van der Waals surface area contributed by atoms with Crippen LogP contribution >= 0.6 is 0 Å². The van der Waals surface area contributed by atoms with Crippen LogP contribution in [0.2, 0.25) is 0 Å². The molecule has 0 heterocycles. The lowest BCUT2D eigenvalue weighted by Gasteiger charge is -2.29. The van der Waals surface area contributed by atoms with E-state index < -0.39 is 47.3 Å². The van der Waals surface area contributed by atoms with Crippen molar-refractivity contribution in [3.05, 3.63) is 65.5 Å². The third kappa shape index (κ3) is 5.71. The Hall–Kier alpha value is -3.10. The van der Waals surface area contributed by atoms with E-state index in [1.807, 2.05) is 0 Å². The smallest absolute Gasteiger partial charge is 0.417 e. The number of ether oxygens (including phenoxy) is 1. The van der Waals surface area contributed by atoms with Crippen LogP contribution in [-0.2, 0) is 10.9 Å². The molecular weight excluding hydrogens is 404 g/mol. The average Bonchev–Trinajstić information content (AvgIpc) is 2.69. The molecule has 1 aliphatic rings. The summed E-state index contributed by atoms with van der Waals surface area (Å²) in [6, 6.07) is 9.34. The first-order chi connectivity index (χ1) is 14.2. The van der Waals surface area contributed by atoms with Gasteiger partial charge < -0.3 is 10.1 Å². The third-order valence-electron chi connectivity index (χ3n) is 4.80. The van der Waals surface area contributed by atoms with Crippen LogP contribution in [0.5, 0.6) is 0 Å². The number of hydrogen-bond acceptors (Lipinski definition) is 3. The molecule has 0 saturated heterocycles. The van der Waals surface area contributed by atoms with E-state index in [9.17, 15) is 27.2 Å². The molecule has 0 bridgehead atoms. The van der Waals surface area contributed by atoms with E-state index in [0.717, 1.165) is 12.1 Å². The number of carbonyl (C=O) groups is 2. The molecule has 5 nitrogen and oxygen atoms in total. The van der Waals surface area contributed by atoms with Crippen molar-refractivity contribution in [2.45, 2.75) is 44.0 Å². The second kappa shape index (κ2) is 9.15. The standard InChI is InChI=1S/C21H20F4N2O3/c22-13-8-10-14(11-9-13)27-20(29)30-16-5-3-4-15(12-16)26-19(28)17-6-1-2-7-18(17)21(23,24)25/h1-2,6-11,15-16H,3-5,12H2,(H,26,28)(H,27,29). The van der Waals surface area contributed by atoms with Gasteiger partial charge in [0.1, 0.15) is 11.9 Å². The molecule has 2 aromatic rings. The topological polar surface area (TPSA) is 67.4 Å². The Bertz CT molecular complexity index is 900. The lowest BCUT2D eigenvalue weighted by atomic mass is 9.92. The fraction of sp³-hybridized carbons (Fsp3) is 0.333. The second-order valence-corrected chi connectivity index (χ2v) is 7.04. The van der Waals surface area contributed by atoms with Crippen LogP contribution in [0.1, 0.15) is 41.6 Å². The summed E-state index contributed by atoms with van der Waals surface area (Å²) in [7, 11) is 0. The molecule has 2 N–H and O–H groups in total. The minimum atomic E-state index is -4.63. The van der Waals surface area contributed by atoms with Crippen LogP contribution in [0, 0.1) is 5.82 Å². The molecule has 3 rings (SSSR count). The van der Waals surface area contributed by atoms with Crippen LogP contribution in [0.3, 0.4) is 0 Å². The van der Waals surface area contributed by atoms with Crippen LogP contribution in [0.25, 0.3) is 0 Å². The highest BCUT2D eigenvalue weighted by atomic mass is 19.4. The molecule has 1 saturated carbocycles. The monoisotopic (exact) mass is 424 g/mol. The van der Waals surface area contributed by atoms with Crippen LogP contribution in [0.4, 0.5) is 28.0 Å². The molecule has 0 spiro atoms. The molecule has 9 heteroatoms. The molecule has 0 radical (unpaired) electrons. The maximum Gasteiger partial charge on any atom is 0.417 e. The van der Waals surface area contributed by atoms with Gasteiger partial charge in [-0.3, -0.25) is 10.1 Å². The van der Waals surface area contributed by atoms with Crippen molar-refractivity contribution in [1.29, 1.82) is 0 Å². The summed E-state index contributed by atoms with van der Waals surface area (Å²) in [4.78, 5) is 24.4.